The molecule has 0 amide bonds. The Morgan fingerprint density at radius 2 is 0.419 bits per heavy atom. The van der Waals surface area contributed by atoms with E-state index in [0.717, 1.165) is 0 Å². The molecule has 0 heterocycles. The van der Waals surface area contributed by atoms with Crippen molar-refractivity contribution >= 4 is 63.0 Å². The lowest BCUT2D eigenvalue weighted by Crippen LogP contribution is -2.04. The van der Waals surface area contributed by atoms with Gasteiger partial charge in [-0.1, -0.05) is 54.6 Å². The molecule has 0 aliphatic rings. The van der Waals surface area contributed by atoms with E-state index in [0.29, 0.717) is 0 Å². The highest BCUT2D eigenvalue weighted by atomic mass is 32.2. The third-order valence-corrected chi connectivity index (χ3v) is 5.17. The summed E-state index contributed by atoms with van der Waals surface area (Å²) < 4.78 is 61.1. The van der Waals surface area contributed by atoms with Crippen LogP contribution in [0, 0.1) is 0 Å². The van der Waals surface area contributed by atoms with Crippen LogP contribution >= 0.6 is 52.1 Å². The first-order valence-electron chi connectivity index (χ1n) is 9.76. The van der Waals surface area contributed by atoms with E-state index in [1.165, 1.54) is 14.7 Å². The van der Waals surface area contributed by atoms with Crippen LogP contribution in [0.15, 0.2) is 106 Å². The van der Waals surface area contributed by atoms with E-state index in [2.05, 4.69) is 91.0 Å². The third kappa shape index (κ3) is 51.6. The lowest BCUT2D eigenvalue weighted by molar-refractivity contribution is 0.426. The molecule has 3 aromatic carbocycles. The first kappa shape index (κ1) is 49.6. The summed E-state index contributed by atoms with van der Waals surface area (Å²) >= 11 is 0. The molecule has 0 aromatic heterocycles. The Labute approximate surface area is 252 Å². The van der Waals surface area contributed by atoms with Crippen LogP contribution in [-0.4, -0.2) is 58.7 Å². The molecule has 3 aromatic rings. The summed E-state index contributed by atoms with van der Waals surface area (Å²) in [6.45, 7) is 0. The number of hydrogen-bond acceptors (Lipinski definition) is 12. The molecular formula is C18H27F6O12P6S+. The Morgan fingerprint density at radius 3 is 0.535 bits per heavy atom. The number of benzene rings is 3. The second-order valence-corrected chi connectivity index (χ2v) is 10.6. The van der Waals surface area contributed by atoms with Crippen LogP contribution < -0.4 is 0 Å². The standard InChI is InChI=1S/C18H15S.6FH2O2P/c1-4-10-16(11-5-1)19(17-12-6-2-7-13-17)18-14-8-3-9-15-18;6*1-4(2)3/h1-15H;6*2-3H/q+1;;;;;;. The van der Waals surface area contributed by atoms with E-state index in [-0.39, 0.29) is 10.9 Å². The molecule has 248 valence electrons. The van der Waals surface area contributed by atoms with Crippen LogP contribution in [-0.2, 0) is 10.9 Å². The van der Waals surface area contributed by atoms with Gasteiger partial charge >= 0.3 is 52.1 Å². The van der Waals surface area contributed by atoms with Gasteiger partial charge in [0.05, 0.1) is 10.9 Å². The third-order valence-electron chi connectivity index (χ3n) is 2.94. The van der Waals surface area contributed by atoms with Crippen molar-refractivity contribution in [2.75, 3.05) is 0 Å². The zero-order valence-corrected chi connectivity index (χ0v) is 27.1. The van der Waals surface area contributed by atoms with Gasteiger partial charge in [-0.25, -0.2) is 0 Å². The van der Waals surface area contributed by atoms with Gasteiger partial charge in [0.15, 0.2) is 14.7 Å². The van der Waals surface area contributed by atoms with Crippen molar-refractivity contribution in [3.8, 4) is 0 Å². The summed E-state index contributed by atoms with van der Waals surface area (Å²) in [5, 5.41) is 0. The second kappa shape index (κ2) is 34.6. The van der Waals surface area contributed by atoms with Crippen LogP contribution in [0.1, 0.15) is 0 Å². The quantitative estimate of drug-likeness (QED) is 0.0862. The second-order valence-electron chi connectivity index (χ2n) is 5.69. The Bertz CT molecular complexity index is 798. The van der Waals surface area contributed by atoms with Gasteiger partial charge in [0.1, 0.15) is 0 Å². The number of rotatable bonds is 3. The van der Waals surface area contributed by atoms with E-state index in [9.17, 15) is 25.2 Å². The molecule has 0 atom stereocenters. The normalized spacial score (nSPS) is 9.70. The topological polar surface area (TPSA) is 243 Å². The van der Waals surface area contributed by atoms with Gasteiger partial charge < -0.3 is 58.7 Å². The Hall–Kier alpha value is -0.310. The molecule has 3 rings (SSSR count). The molecular weight excluding hydrogens is 740 g/mol. The number of halogens is 6. The molecule has 25 heteroatoms. The van der Waals surface area contributed by atoms with Crippen molar-refractivity contribution < 1.29 is 83.9 Å². The average Bonchev–Trinajstić information content (AvgIpc) is 2.84. The molecule has 0 aliphatic carbocycles. The van der Waals surface area contributed by atoms with Crippen LogP contribution in [0.5, 0.6) is 0 Å². The van der Waals surface area contributed by atoms with Crippen LogP contribution in [0.2, 0.25) is 0 Å². The molecule has 12 N–H and O–H groups in total. The van der Waals surface area contributed by atoms with Gasteiger partial charge in [0.25, 0.3) is 0 Å². The monoisotopic (exact) mass is 767 g/mol. The van der Waals surface area contributed by atoms with Crippen molar-refractivity contribution in [1.29, 1.82) is 0 Å². The maximum atomic E-state index is 10.2. The largest absolute Gasteiger partial charge is 0.369 e. The predicted molar refractivity (Wildman–Crippen MR) is 156 cm³/mol. The fourth-order valence-electron chi connectivity index (χ4n) is 2.08. The minimum Gasteiger partial charge on any atom is -0.325 e. The summed E-state index contributed by atoms with van der Waals surface area (Å²) in [5.74, 6) is 0. The molecule has 12 nitrogen and oxygen atoms in total. The number of hydrogen-bond donors (Lipinski definition) is 12. The van der Waals surface area contributed by atoms with Crippen molar-refractivity contribution in [1.82, 2.24) is 0 Å². The van der Waals surface area contributed by atoms with Crippen molar-refractivity contribution in [3.63, 3.8) is 0 Å². The maximum Gasteiger partial charge on any atom is 0.369 e. The van der Waals surface area contributed by atoms with Crippen LogP contribution in [0.4, 0.5) is 25.2 Å². The van der Waals surface area contributed by atoms with Gasteiger partial charge in [-0.2, -0.15) is 25.2 Å². The van der Waals surface area contributed by atoms with Gasteiger partial charge in [-0.15, -0.1) is 0 Å². The van der Waals surface area contributed by atoms with Gasteiger partial charge in [0.2, 0.25) is 0 Å². The molecule has 0 spiro atoms. The molecule has 0 bridgehead atoms. The summed E-state index contributed by atoms with van der Waals surface area (Å²) in [4.78, 5) is 88.2. The first-order chi connectivity index (χ1) is 19.8. The molecule has 0 aliphatic heterocycles. The SMILES string of the molecule is OP(O)F.OP(O)F.OP(O)F.OP(O)F.OP(O)F.OP(O)F.c1ccc([S+](c2ccccc2)c2ccccc2)cc1. The van der Waals surface area contributed by atoms with Gasteiger partial charge in [-0.05, 0) is 36.4 Å². The minimum atomic E-state index is -3.12. The average molecular weight is 767 g/mol. The first-order valence-corrected chi connectivity index (χ1v) is 17.8. The lowest BCUT2D eigenvalue weighted by atomic mass is 10.4. The van der Waals surface area contributed by atoms with E-state index in [4.69, 9.17) is 58.7 Å². The lowest BCUT2D eigenvalue weighted by Gasteiger charge is -2.07. The summed E-state index contributed by atoms with van der Waals surface area (Å²) in [7, 11) is -18.7. The Morgan fingerprint density at radius 1 is 0.302 bits per heavy atom. The molecule has 0 radical (unpaired) electrons. The smallest absolute Gasteiger partial charge is 0.325 e. The maximum absolute atomic E-state index is 10.2. The molecule has 43 heavy (non-hydrogen) atoms. The molecule has 0 unspecified atom stereocenters. The van der Waals surface area contributed by atoms with E-state index in [1.54, 1.807) is 0 Å². The van der Waals surface area contributed by atoms with Crippen LogP contribution in [0.25, 0.3) is 0 Å². The summed E-state index contributed by atoms with van der Waals surface area (Å²) in [5.41, 5.74) is 0. The van der Waals surface area contributed by atoms with E-state index >= 15 is 0 Å². The van der Waals surface area contributed by atoms with E-state index in [1.807, 2.05) is 0 Å². The fourth-order valence-corrected chi connectivity index (χ4v) is 4.18. The van der Waals surface area contributed by atoms with Crippen molar-refractivity contribution in [2.45, 2.75) is 14.7 Å². The minimum absolute atomic E-state index is 0.0146. The highest BCUT2D eigenvalue weighted by Crippen LogP contribution is 2.30. The van der Waals surface area contributed by atoms with E-state index < -0.39 is 52.1 Å². The predicted octanol–water partition coefficient (Wildman–Crippen LogP) is 5.79. The van der Waals surface area contributed by atoms with Gasteiger partial charge in [-0.3, -0.25) is 0 Å². The highest BCUT2D eigenvalue weighted by Gasteiger charge is 2.27. The Kier molecular flexibility index (Phi) is 39.8. The molecule has 0 saturated carbocycles. The van der Waals surface area contributed by atoms with Crippen molar-refractivity contribution in [3.05, 3.63) is 91.0 Å². The summed E-state index contributed by atoms with van der Waals surface area (Å²) in [6.07, 6.45) is 0. The zero-order chi connectivity index (χ0) is 34.4. The zero-order valence-electron chi connectivity index (χ0n) is 20.9. The van der Waals surface area contributed by atoms with Crippen LogP contribution in [0.3, 0.4) is 0 Å². The fraction of sp³-hybridized carbons (Fsp3) is 0. The summed E-state index contributed by atoms with van der Waals surface area (Å²) in [6, 6.07) is 32.2. The molecule has 0 saturated heterocycles. The van der Waals surface area contributed by atoms with Crippen molar-refractivity contribution in [2.24, 2.45) is 0 Å². The van der Waals surface area contributed by atoms with Gasteiger partial charge in [0, 0.05) is 0 Å². The highest BCUT2D eigenvalue weighted by molar-refractivity contribution is 7.97. The molecule has 0 fully saturated rings. The Balaban J connectivity index is -0.000000261.